The normalized spacial score (nSPS) is 19.6. The maximum Gasteiger partial charge on any atom is 0.243 e. The molecular weight excluding hydrogens is 190 g/mol. The van der Waals surface area contributed by atoms with Crippen LogP contribution < -0.4 is 5.32 Å². The van der Waals surface area contributed by atoms with Crippen molar-refractivity contribution in [1.29, 1.82) is 0 Å². The van der Waals surface area contributed by atoms with E-state index in [-0.39, 0.29) is 5.91 Å². The van der Waals surface area contributed by atoms with E-state index in [0.29, 0.717) is 0 Å². The topological polar surface area (TPSA) is 35.6 Å². The van der Waals surface area contributed by atoms with Gasteiger partial charge >= 0.3 is 0 Å². The highest BCUT2D eigenvalue weighted by molar-refractivity contribution is 5.87. The molecule has 0 aromatic carbocycles. The van der Waals surface area contributed by atoms with Gasteiger partial charge in [-0.1, -0.05) is 6.08 Å². The molecule has 15 heavy (non-hydrogen) atoms. The summed E-state index contributed by atoms with van der Waals surface area (Å²) in [5.41, 5.74) is 0. The minimum absolute atomic E-state index is 0.00614. The number of hydrogen-bond acceptors (Lipinski definition) is 3. The Balaban J connectivity index is 2.07. The van der Waals surface area contributed by atoms with Crippen molar-refractivity contribution in [3.05, 3.63) is 12.2 Å². The summed E-state index contributed by atoms with van der Waals surface area (Å²) in [4.78, 5) is 15.8. The Hall–Kier alpha value is -0.870. The number of hydrogen-bond donors (Lipinski definition) is 1. The zero-order valence-electron chi connectivity index (χ0n) is 9.70. The van der Waals surface area contributed by atoms with E-state index >= 15 is 0 Å². The van der Waals surface area contributed by atoms with E-state index in [1.165, 1.54) is 0 Å². The highest BCUT2D eigenvalue weighted by Gasteiger charge is 2.12. The van der Waals surface area contributed by atoms with E-state index in [9.17, 15) is 4.79 Å². The van der Waals surface area contributed by atoms with Gasteiger partial charge in [-0.05, 0) is 20.0 Å². The van der Waals surface area contributed by atoms with Gasteiger partial charge in [-0.2, -0.15) is 0 Å². The molecule has 1 saturated heterocycles. The van der Waals surface area contributed by atoms with E-state index in [1.54, 1.807) is 12.2 Å². The van der Waals surface area contributed by atoms with Crippen LogP contribution in [0, 0.1) is 0 Å². The standard InChI is InChI=1S/C11H21N3O/c1-3-4-11(15)12-5-6-14-9-7-13(2)8-10-14/h3-4H,5-10H2,1-2H3,(H,12,15). The number of carbonyl (C=O) groups excluding carboxylic acids is 1. The van der Waals surface area contributed by atoms with Crippen LogP contribution in [0.1, 0.15) is 6.92 Å². The largest absolute Gasteiger partial charge is 0.351 e. The third kappa shape index (κ3) is 4.95. The summed E-state index contributed by atoms with van der Waals surface area (Å²) in [6, 6.07) is 0. The average molecular weight is 211 g/mol. The molecule has 1 aliphatic rings. The lowest BCUT2D eigenvalue weighted by atomic mass is 10.3. The van der Waals surface area contributed by atoms with Gasteiger partial charge in [-0.15, -0.1) is 0 Å². The fourth-order valence-corrected chi connectivity index (χ4v) is 1.62. The minimum atomic E-state index is 0.00614. The van der Waals surface area contributed by atoms with Gasteiger partial charge in [0.25, 0.3) is 0 Å². The van der Waals surface area contributed by atoms with E-state index in [2.05, 4.69) is 22.2 Å². The average Bonchev–Trinajstić information content (AvgIpc) is 2.21. The summed E-state index contributed by atoms with van der Waals surface area (Å²) in [6.45, 7) is 8.02. The number of nitrogens with zero attached hydrogens (tertiary/aromatic N) is 2. The lowest BCUT2D eigenvalue weighted by Crippen LogP contribution is -2.46. The summed E-state index contributed by atoms with van der Waals surface area (Å²) in [7, 11) is 2.14. The second-order valence-electron chi connectivity index (χ2n) is 3.94. The van der Waals surface area contributed by atoms with Crippen LogP contribution in [0.3, 0.4) is 0 Å². The van der Waals surface area contributed by atoms with Gasteiger partial charge in [-0.3, -0.25) is 9.69 Å². The molecule has 0 atom stereocenters. The van der Waals surface area contributed by atoms with Gasteiger partial charge in [0, 0.05) is 39.3 Å². The van der Waals surface area contributed by atoms with Gasteiger partial charge < -0.3 is 10.2 Å². The molecule has 0 unspecified atom stereocenters. The molecule has 1 amide bonds. The van der Waals surface area contributed by atoms with Crippen molar-refractivity contribution in [3.8, 4) is 0 Å². The maximum atomic E-state index is 11.1. The quantitative estimate of drug-likeness (QED) is 0.661. The number of piperazine rings is 1. The predicted molar refractivity (Wildman–Crippen MR) is 61.8 cm³/mol. The molecule has 4 heteroatoms. The molecule has 1 rings (SSSR count). The fourth-order valence-electron chi connectivity index (χ4n) is 1.62. The molecule has 0 aromatic rings. The first-order valence-corrected chi connectivity index (χ1v) is 5.54. The van der Waals surface area contributed by atoms with Gasteiger partial charge in [0.2, 0.25) is 5.91 Å². The van der Waals surface area contributed by atoms with Crippen LogP contribution in [0.5, 0.6) is 0 Å². The second kappa shape index (κ2) is 6.58. The van der Waals surface area contributed by atoms with Crippen LogP contribution in [0.4, 0.5) is 0 Å². The molecule has 0 radical (unpaired) electrons. The molecule has 0 saturated carbocycles. The van der Waals surface area contributed by atoms with E-state index in [1.807, 2.05) is 6.92 Å². The fraction of sp³-hybridized carbons (Fsp3) is 0.727. The monoisotopic (exact) mass is 211 g/mol. The van der Waals surface area contributed by atoms with Crippen LogP contribution in [0.2, 0.25) is 0 Å². The van der Waals surface area contributed by atoms with Crippen molar-refractivity contribution >= 4 is 5.91 Å². The van der Waals surface area contributed by atoms with Crippen LogP contribution in [0.15, 0.2) is 12.2 Å². The Morgan fingerprint density at radius 2 is 2.00 bits per heavy atom. The number of rotatable bonds is 4. The lowest BCUT2D eigenvalue weighted by molar-refractivity contribution is -0.116. The Morgan fingerprint density at radius 3 is 2.60 bits per heavy atom. The molecule has 86 valence electrons. The molecule has 0 bridgehead atoms. The maximum absolute atomic E-state index is 11.1. The predicted octanol–water partition coefficient (Wildman–Crippen LogP) is -0.0739. The molecular formula is C11H21N3O. The first-order valence-electron chi connectivity index (χ1n) is 5.54. The van der Waals surface area contributed by atoms with E-state index in [4.69, 9.17) is 0 Å². The van der Waals surface area contributed by atoms with Gasteiger partial charge in [0.15, 0.2) is 0 Å². The summed E-state index contributed by atoms with van der Waals surface area (Å²) >= 11 is 0. The van der Waals surface area contributed by atoms with Crippen LogP contribution in [-0.4, -0.2) is 62.0 Å². The van der Waals surface area contributed by atoms with E-state index < -0.39 is 0 Å². The number of carbonyl (C=O) groups is 1. The summed E-state index contributed by atoms with van der Waals surface area (Å²) in [5.74, 6) is 0.00614. The minimum Gasteiger partial charge on any atom is -0.351 e. The Labute approximate surface area is 91.9 Å². The van der Waals surface area contributed by atoms with Crippen molar-refractivity contribution in [2.24, 2.45) is 0 Å². The second-order valence-corrected chi connectivity index (χ2v) is 3.94. The van der Waals surface area contributed by atoms with Crippen LogP contribution in [-0.2, 0) is 4.79 Å². The summed E-state index contributed by atoms with van der Waals surface area (Å²) in [5, 5.41) is 2.86. The van der Waals surface area contributed by atoms with E-state index in [0.717, 1.165) is 39.3 Å². The highest BCUT2D eigenvalue weighted by atomic mass is 16.1. The summed E-state index contributed by atoms with van der Waals surface area (Å²) in [6.07, 6.45) is 3.31. The zero-order valence-corrected chi connectivity index (χ0v) is 9.70. The number of allylic oxidation sites excluding steroid dienone is 1. The van der Waals surface area contributed by atoms with Crippen molar-refractivity contribution < 1.29 is 4.79 Å². The van der Waals surface area contributed by atoms with Gasteiger partial charge in [0.1, 0.15) is 0 Å². The third-order valence-corrected chi connectivity index (χ3v) is 2.64. The highest BCUT2D eigenvalue weighted by Crippen LogP contribution is 1.97. The van der Waals surface area contributed by atoms with Crippen LogP contribution >= 0.6 is 0 Å². The SMILES string of the molecule is CC=CC(=O)NCCN1CCN(C)CC1. The smallest absolute Gasteiger partial charge is 0.243 e. The van der Waals surface area contributed by atoms with Gasteiger partial charge in [-0.25, -0.2) is 0 Å². The molecule has 1 N–H and O–H groups in total. The van der Waals surface area contributed by atoms with Crippen molar-refractivity contribution in [3.63, 3.8) is 0 Å². The van der Waals surface area contributed by atoms with Crippen molar-refractivity contribution in [2.75, 3.05) is 46.3 Å². The molecule has 1 fully saturated rings. The Morgan fingerprint density at radius 1 is 1.33 bits per heavy atom. The lowest BCUT2D eigenvalue weighted by Gasteiger charge is -2.32. The van der Waals surface area contributed by atoms with Crippen molar-refractivity contribution in [1.82, 2.24) is 15.1 Å². The third-order valence-electron chi connectivity index (χ3n) is 2.64. The van der Waals surface area contributed by atoms with Crippen LogP contribution in [0.25, 0.3) is 0 Å². The zero-order chi connectivity index (χ0) is 11.1. The first-order chi connectivity index (χ1) is 7.22. The molecule has 1 aliphatic heterocycles. The molecule has 0 aliphatic carbocycles. The number of nitrogens with one attached hydrogen (secondary N) is 1. The number of likely N-dealkylation sites (N-methyl/N-ethyl adjacent to an activating group) is 1. The Kier molecular flexibility index (Phi) is 5.36. The molecule has 4 nitrogen and oxygen atoms in total. The first kappa shape index (κ1) is 12.2. The van der Waals surface area contributed by atoms with Crippen molar-refractivity contribution in [2.45, 2.75) is 6.92 Å². The Bertz CT molecular complexity index is 220. The van der Waals surface area contributed by atoms with Gasteiger partial charge in [0.05, 0.1) is 0 Å². The summed E-state index contributed by atoms with van der Waals surface area (Å²) < 4.78 is 0. The molecule has 0 spiro atoms. The number of amides is 1. The molecule has 0 aromatic heterocycles. The molecule has 1 heterocycles.